The van der Waals surface area contributed by atoms with E-state index in [1.165, 1.54) is 35.5 Å². The van der Waals surface area contributed by atoms with Gasteiger partial charge in [-0.15, -0.1) is 0 Å². The first kappa shape index (κ1) is 20.6. The third-order valence-corrected chi connectivity index (χ3v) is 5.58. The lowest BCUT2D eigenvalue weighted by molar-refractivity contribution is -0.128. The molecule has 1 heterocycles. The Balaban J connectivity index is 1.60. The fraction of sp³-hybridized carbons (Fsp3) is 0.263. The summed E-state index contributed by atoms with van der Waals surface area (Å²) in [5, 5.41) is 0. The molecule has 2 N–H and O–H groups in total. The smallest absolute Gasteiger partial charge is 0.279 e. The summed E-state index contributed by atoms with van der Waals surface area (Å²) in [6, 6.07) is 10.3. The molecule has 0 bridgehead atoms. The molecule has 0 radical (unpaired) electrons. The van der Waals surface area contributed by atoms with Crippen LogP contribution in [0.5, 0.6) is 5.75 Å². The van der Waals surface area contributed by atoms with Crippen LogP contribution in [-0.2, 0) is 21.2 Å². The number of benzene rings is 2. The number of fused-ring (bicyclic) bond motifs is 1. The van der Waals surface area contributed by atoms with Crippen molar-refractivity contribution in [3.8, 4) is 5.75 Å². The van der Waals surface area contributed by atoms with E-state index in [1.54, 1.807) is 18.2 Å². The van der Waals surface area contributed by atoms with Crippen molar-refractivity contribution in [3.05, 3.63) is 59.4 Å². The second-order valence-electron chi connectivity index (χ2n) is 6.56. The Labute approximate surface area is 167 Å². The summed E-state index contributed by atoms with van der Waals surface area (Å²) in [5.41, 5.74) is 6.03. The van der Waals surface area contributed by atoms with Crippen LogP contribution in [0.3, 0.4) is 0 Å². The van der Waals surface area contributed by atoms with E-state index in [0.29, 0.717) is 18.7 Å². The van der Waals surface area contributed by atoms with Gasteiger partial charge in [0.05, 0.1) is 11.9 Å². The second-order valence-corrected chi connectivity index (χ2v) is 8.47. The minimum Gasteiger partial charge on any atom is -0.478 e. The second kappa shape index (κ2) is 8.08. The molecule has 1 aliphatic rings. The molecule has 2 aromatic carbocycles. The summed E-state index contributed by atoms with van der Waals surface area (Å²) < 4.78 is 43.7. The van der Waals surface area contributed by atoms with Crippen molar-refractivity contribution in [2.45, 2.75) is 19.4 Å². The van der Waals surface area contributed by atoms with Crippen LogP contribution in [0.25, 0.3) is 0 Å². The molecule has 3 rings (SSSR count). The first-order valence-corrected chi connectivity index (χ1v) is 10.6. The van der Waals surface area contributed by atoms with Crippen LogP contribution in [-0.4, -0.2) is 39.1 Å². The Kier molecular flexibility index (Phi) is 5.73. The lowest BCUT2D eigenvalue weighted by Crippen LogP contribution is -2.47. The van der Waals surface area contributed by atoms with E-state index in [0.717, 1.165) is 11.8 Å². The molecule has 1 aliphatic heterocycles. The van der Waals surface area contributed by atoms with Gasteiger partial charge in [0, 0.05) is 12.1 Å². The number of ether oxygens (including phenoxy) is 1. The average molecular weight is 421 g/mol. The summed E-state index contributed by atoms with van der Waals surface area (Å²) in [7, 11) is -3.37. The standard InChI is InChI=1S/C19H20FN3O5S/c1-12(28-17-6-4-3-5-15(17)20)18(24)21-22-19(25)14-7-8-16-13(11-14)9-10-23(16)29(2,26)27/h3-8,11-12H,9-10H2,1-2H3,(H,21,24)(H,22,25). The molecule has 0 spiro atoms. The van der Waals surface area contributed by atoms with Gasteiger partial charge in [0.15, 0.2) is 17.7 Å². The van der Waals surface area contributed by atoms with E-state index < -0.39 is 33.8 Å². The monoisotopic (exact) mass is 421 g/mol. The maximum absolute atomic E-state index is 13.6. The predicted molar refractivity (Wildman–Crippen MR) is 104 cm³/mol. The average Bonchev–Trinajstić information content (AvgIpc) is 3.11. The summed E-state index contributed by atoms with van der Waals surface area (Å²) in [4.78, 5) is 24.4. The topological polar surface area (TPSA) is 105 Å². The Morgan fingerprint density at radius 2 is 1.90 bits per heavy atom. The van der Waals surface area contributed by atoms with E-state index in [1.807, 2.05) is 0 Å². The summed E-state index contributed by atoms with van der Waals surface area (Å²) in [6.45, 7) is 1.74. The Morgan fingerprint density at radius 3 is 2.59 bits per heavy atom. The van der Waals surface area contributed by atoms with E-state index in [2.05, 4.69) is 10.9 Å². The van der Waals surface area contributed by atoms with E-state index in [9.17, 15) is 22.4 Å². The van der Waals surface area contributed by atoms with Crippen LogP contribution in [0, 0.1) is 5.82 Å². The number of sulfonamides is 1. The highest BCUT2D eigenvalue weighted by Crippen LogP contribution is 2.30. The molecule has 29 heavy (non-hydrogen) atoms. The number of hydrogen-bond donors (Lipinski definition) is 2. The van der Waals surface area contributed by atoms with Crippen LogP contribution in [0.4, 0.5) is 10.1 Å². The quantitative estimate of drug-likeness (QED) is 0.710. The zero-order chi connectivity index (χ0) is 21.2. The number of nitrogens with one attached hydrogen (secondary N) is 2. The lowest BCUT2D eigenvalue weighted by atomic mass is 10.1. The van der Waals surface area contributed by atoms with Crippen LogP contribution >= 0.6 is 0 Å². The van der Waals surface area contributed by atoms with Gasteiger partial charge in [-0.25, -0.2) is 12.8 Å². The van der Waals surface area contributed by atoms with Gasteiger partial charge in [-0.2, -0.15) is 0 Å². The third kappa shape index (κ3) is 4.65. The maximum Gasteiger partial charge on any atom is 0.279 e. The number of nitrogens with zero attached hydrogens (tertiary/aromatic N) is 1. The summed E-state index contributed by atoms with van der Waals surface area (Å²) in [5.74, 6) is -1.91. The van der Waals surface area contributed by atoms with Gasteiger partial charge in [-0.1, -0.05) is 12.1 Å². The summed E-state index contributed by atoms with van der Waals surface area (Å²) in [6.07, 6.45) is 0.571. The molecule has 0 fully saturated rings. The zero-order valence-electron chi connectivity index (χ0n) is 15.8. The number of rotatable bonds is 5. The van der Waals surface area contributed by atoms with Crippen molar-refractivity contribution in [1.82, 2.24) is 10.9 Å². The number of para-hydroxylation sites is 1. The molecule has 0 aliphatic carbocycles. The Hall–Kier alpha value is -3.14. The van der Waals surface area contributed by atoms with Gasteiger partial charge < -0.3 is 4.74 Å². The first-order chi connectivity index (χ1) is 13.7. The highest BCUT2D eigenvalue weighted by molar-refractivity contribution is 7.92. The van der Waals surface area contributed by atoms with Gasteiger partial charge in [0.1, 0.15) is 0 Å². The number of hydrazine groups is 1. The number of halogens is 1. The maximum atomic E-state index is 13.6. The molecule has 10 heteroatoms. The fourth-order valence-electron chi connectivity index (χ4n) is 2.93. The zero-order valence-corrected chi connectivity index (χ0v) is 16.6. The van der Waals surface area contributed by atoms with E-state index in [4.69, 9.17) is 4.74 Å². The molecule has 8 nitrogen and oxygen atoms in total. The van der Waals surface area contributed by atoms with Crippen molar-refractivity contribution in [1.29, 1.82) is 0 Å². The molecule has 0 aromatic heterocycles. The molecule has 2 amide bonds. The molecular formula is C19H20FN3O5S. The van der Waals surface area contributed by atoms with Crippen molar-refractivity contribution >= 4 is 27.5 Å². The molecule has 1 unspecified atom stereocenters. The van der Waals surface area contributed by atoms with Crippen LogP contribution in [0.15, 0.2) is 42.5 Å². The fourth-order valence-corrected chi connectivity index (χ4v) is 3.89. The van der Waals surface area contributed by atoms with E-state index >= 15 is 0 Å². The Bertz CT molecular complexity index is 1060. The minimum absolute atomic E-state index is 0.0736. The van der Waals surface area contributed by atoms with Crippen molar-refractivity contribution in [2.75, 3.05) is 17.1 Å². The van der Waals surface area contributed by atoms with Gasteiger partial charge in [-0.05, 0) is 49.2 Å². The normalized spacial score (nSPS) is 14.1. The van der Waals surface area contributed by atoms with E-state index in [-0.39, 0.29) is 11.3 Å². The molecule has 154 valence electrons. The number of anilines is 1. The number of carbonyl (C=O) groups excluding carboxylic acids is 2. The highest BCUT2D eigenvalue weighted by Gasteiger charge is 2.27. The molecule has 0 saturated heterocycles. The first-order valence-electron chi connectivity index (χ1n) is 8.79. The van der Waals surface area contributed by atoms with Crippen LogP contribution < -0.4 is 19.9 Å². The Morgan fingerprint density at radius 1 is 1.17 bits per heavy atom. The van der Waals surface area contributed by atoms with Gasteiger partial charge in [0.25, 0.3) is 11.8 Å². The largest absolute Gasteiger partial charge is 0.478 e. The SMILES string of the molecule is CC(Oc1ccccc1F)C(=O)NNC(=O)c1ccc2c(c1)CCN2S(C)(=O)=O. The third-order valence-electron chi connectivity index (χ3n) is 4.40. The van der Waals surface area contributed by atoms with Crippen LogP contribution in [0.2, 0.25) is 0 Å². The lowest BCUT2D eigenvalue weighted by Gasteiger charge is -2.17. The molecule has 0 saturated carbocycles. The van der Waals surface area contributed by atoms with Gasteiger partial charge in [-0.3, -0.25) is 24.7 Å². The summed E-state index contributed by atoms with van der Waals surface area (Å²) >= 11 is 0. The van der Waals surface area contributed by atoms with Crippen molar-refractivity contribution in [2.24, 2.45) is 0 Å². The highest BCUT2D eigenvalue weighted by atomic mass is 32.2. The molecule has 1 atom stereocenters. The molecular weight excluding hydrogens is 401 g/mol. The predicted octanol–water partition coefficient (Wildman–Crippen LogP) is 1.38. The number of amides is 2. The van der Waals surface area contributed by atoms with Gasteiger partial charge >= 0.3 is 0 Å². The number of carbonyl (C=O) groups is 2. The minimum atomic E-state index is -3.37. The molecule has 2 aromatic rings. The number of hydrogen-bond acceptors (Lipinski definition) is 5. The van der Waals surface area contributed by atoms with Crippen molar-refractivity contribution in [3.63, 3.8) is 0 Å². The van der Waals surface area contributed by atoms with Gasteiger partial charge in [0.2, 0.25) is 10.0 Å². The van der Waals surface area contributed by atoms with Crippen molar-refractivity contribution < 1.29 is 27.1 Å². The van der Waals surface area contributed by atoms with Crippen LogP contribution in [0.1, 0.15) is 22.8 Å².